The van der Waals surface area contributed by atoms with Crippen molar-refractivity contribution in [2.45, 2.75) is 38.9 Å². The molecule has 0 atom stereocenters. The number of halogens is 3. The number of rotatable bonds is 7. The number of benzene rings is 2. The molecule has 1 heterocycles. The highest BCUT2D eigenvalue weighted by Gasteiger charge is 2.31. The van der Waals surface area contributed by atoms with Crippen LogP contribution >= 0.6 is 0 Å². The van der Waals surface area contributed by atoms with Crippen molar-refractivity contribution < 1.29 is 22.6 Å². The molecule has 0 aliphatic heterocycles. The van der Waals surface area contributed by atoms with Gasteiger partial charge >= 0.3 is 6.18 Å². The first kappa shape index (κ1) is 20.0. The molecule has 150 valence electrons. The second-order valence-corrected chi connectivity index (χ2v) is 6.57. The lowest BCUT2D eigenvalue weighted by Gasteiger charge is -2.12. The largest absolute Gasteiger partial charge is 0.493 e. The summed E-state index contributed by atoms with van der Waals surface area (Å²) in [5, 5.41) is 0. The number of hydrogen-bond donors (Lipinski definition) is 0. The third-order valence-corrected chi connectivity index (χ3v) is 4.70. The zero-order valence-corrected chi connectivity index (χ0v) is 16.1. The number of hydrogen-bond acceptors (Lipinski definition) is 3. The van der Waals surface area contributed by atoms with Gasteiger partial charge in [-0.3, -0.25) is 0 Å². The average Bonchev–Trinajstić information content (AvgIpc) is 3.02. The number of alkyl halides is 3. The zero-order chi connectivity index (χ0) is 20.3. The van der Waals surface area contributed by atoms with Crippen molar-refractivity contribution in [2.75, 3.05) is 14.2 Å². The van der Waals surface area contributed by atoms with Crippen LogP contribution in [0.5, 0.6) is 11.5 Å². The van der Waals surface area contributed by atoms with Gasteiger partial charge in [0.2, 0.25) is 0 Å². The molecule has 0 spiro atoms. The van der Waals surface area contributed by atoms with E-state index < -0.39 is 11.7 Å². The minimum absolute atomic E-state index is 0.380. The monoisotopic (exact) mass is 392 g/mol. The smallest absolute Gasteiger partial charge is 0.416 e. The number of aryl methyl sites for hydroxylation is 3. The van der Waals surface area contributed by atoms with E-state index in [-0.39, 0.29) is 0 Å². The van der Waals surface area contributed by atoms with Crippen molar-refractivity contribution in [1.82, 2.24) is 9.55 Å². The molecule has 0 aliphatic carbocycles. The molecule has 3 aromatic rings. The number of methoxy groups -OCH3 is 2. The normalized spacial score (nSPS) is 11.8. The van der Waals surface area contributed by atoms with Gasteiger partial charge in [0.05, 0.1) is 30.8 Å². The zero-order valence-electron chi connectivity index (χ0n) is 16.1. The van der Waals surface area contributed by atoms with Gasteiger partial charge in [-0.25, -0.2) is 4.98 Å². The number of ether oxygens (including phenoxy) is 2. The maximum Gasteiger partial charge on any atom is 0.416 e. The molecule has 0 radical (unpaired) electrons. The fourth-order valence-electron chi connectivity index (χ4n) is 3.30. The average molecular weight is 392 g/mol. The number of imidazole rings is 1. The van der Waals surface area contributed by atoms with Gasteiger partial charge in [0.25, 0.3) is 0 Å². The lowest BCUT2D eigenvalue weighted by atomic mass is 10.1. The van der Waals surface area contributed by atoms with Crippen molar-refractivity contribution >= 4 is 11.0 Å². The first-order chi connectivity index (χ1) is 13.4. The van der Waals surface area contributed by atoms with Crippen LogP contribution in [0.3, 0.4) is 0 Å². The minimum atomic E-state index is -4.37. The Morgan fingerprint density at radius 3 is 2.36 bits per heavy atom. The predicted molar refractivity (Wildman–Crippen MR) is 102 cm³/mol. The van der Waals surface area contributed by atoms with E-state index in [0.717, 1.165) is 35.5 Å². The summed E-state index contributed by atoms with van der Waals surface area (Å²) < 4.78 is 51.7. The van der Waals surface area contributed by atoms with Crippen LogP contribution in [0, 0.1) is 0 Å². The number of aromatic nitrogens is 2. The molecule has 0 saturated heterocycles. The van der Waals surface area contributed by atoms with Gasteiger partial charge in [0, 0.05) is 13.0 Å². The summed E-state index contributed by atoms with van der Waals surface area (Å²) in [5.41, 5.74) is 1.48. The number of nitrogens with zero attached hydrogens (tertiary/aromatic N) is 2. The molecule has 1 aromatic heterocycles. The molecular formula is C21H23F3N2O2. The SMILES string of the molecule is CCCc1nc2cc(C(F)(F)F)ccc2n1CCc1ccc(OC)c(OC)c1. The Balaban J connectivity index is 1.92. The Morgan fingerprint density at radius 2 is 1.71 bits per heavy atom. The van der Waals surface area contributed by atoms with Crippen molar-refractivity contribution in [3.05, 3.63) is 53.3 Å². The second kappa shape index (κ2) is 8.12. The van der Waals surface area contributed by atoms with Crippen LogP contribution in [-0.4, -0.2) is 23.8 Å². The molecule has 7 heteroatoms. The molecule has 0 bridgehead atoms. The lowest BCUT2D eigenvalue weighted by Crippen LogP contribution is -2.07. The number of fused-ring (bicyclic) bond motifs is 1. The summed E-state index contributed by atoms with van der Waals surface area (Å²) in [6.45, 7) is 2.64. The Labute approximate surface area is 161 Å². The predicted octanol–water partition coefficient (Wildman–Crippen LogP) is 5.27. The van der Waals surface area contributed by atoms with E-state index >= 15 is 0 Å². The van der Waals surface area contributed by atoms with E-state index in [9.17, 15) is 13.2 Å². The summed E-state index contributed by atoms with van der Waals surface area (Å²) in [7, 11) is 3.17. The van der Waals surface area contributed by atoms with Gasteiger partial charge in [-0.2, -0.15) is 13.2 Å². The lowest BCUT2D eigenvalue weighted by molar-refractivity contribution is -0.137. The molecule has 0 amide bonds. The van der Waals surface area contributed by atoms with Crippen LogP contribution in [0.1, 0.15) is 30.3 Å². The Morgan fingerprint density at radius 1 is 0.964 bits per heavy atom. The molecule has 0 aliphatic rings. The minimum Gasteiger partial charge on any atom is -0.493 e. The molecule has 0 fully saturated rings. The van der Waals surface area contributed by atoms with E-state index in [1.807, 2.05) is 29.7 Å². The van der Waals surface area contributed by atoms with Crippen LogP contribution in [0.4, 0.5) is 13.2 Å². The highest BCUT2D eigenvalue weighted by molar-refractivity contribution is 5.77. The van der Waals surface area contributed by atoms with E-state index in [1.54, 1.807) is 14.2 Å². The van der Waals surface area contributed by atoms with Crippen LogP contribution in [0.2, 0.25) is 0 Å². The van der Waals surface area contributed by atoms with Crippen LogP contribution in [0.15, 0.2) is 36.4 Å². The topological polar surface area (TPSA) is 36.3 Å². The van der Waals surface area contributed by atoms with Crippen molar-refractivity contribution in [3.8, 4) is 11.5 Å². The maximum atomic E-state index is 13.0. The third-order valence-electron chi connectivity index (χ3n) is 4.70. The molecular weight excluding hydrogens is 369 g/mol. The van der Waals surface area contributed by atoms with E-state index in [0.29, 0.717) is 36.4 Å². The molecule has 0 unspecified atom stereocenters. The van der Waals surface area contributed by atoms with Crippen molar-refractivity contribution in [2.24, 2.45) is 0 Å². The van der Waals surface area contributed by atoms with Gasteiger partial charge in [-0.15, -0.1) is 0 Å². The maximum absolute atomic E-state index is 13.0. The second-order valence-electron chi connectivity index (χ2n) is 6.57. The van der Waals surface area contributed by atoms with E-state index in [2.05, 4.69) is 4.98 Å². The van der Waals surface area contributed by atoms with Crippen LogP contribution < -0.4 is 9.47 Å². The molecule has 0 N–H and O–H groups in total. The first-order valence-corrected chi connectivity index (χ1v) is 9.14. The van der Waals surface area contributed by atoms with E-state index in [4.69, 9.17) is 9.47 Å². The highest BCUT2D eigenvalue weighted by Crippen LogP contribution is 2.32. The Bertz CT molecular complexity index is 964. The van der Waals surface area contributed by atoms with Gasteiger partial charge in [0.15, 0.2) is 11.5 Å². The molecule has 28 heavy (non-hydrogen) atoms. The highest BCUT2D eigenvalue weighted by atomic mass is 19.4. The van der Waals surface area contributed by atoms with Gasteiger partial charge in [-0.1, -0.05) is 13.0 Å². The van der Waals surface area contributed by atoms with Crippen molar-refractivity contribution in [1.29, 1.82) is 0 Å². The summed E-state index contributed by atoms with van der Waals surface area (Å²) >= 11 is 0. The fourth-order valence-corrected chi connectivity index (χ4v) is 3.30. The molecule has 4 nitrogen and oxygen atoms in total. The Kier molecular flexibility index (Phi) is 5.82. The Hall–Kier alpha value is -2.70. The molecule has 2 aromatic carbocycles. The summed E-state index contributed by atoms with van der Waals surface area (Å²) in [4.78, 5) is 4.47. The molecule has 3 rings (SSSR count). The van der Waals surface area contributed by atoms with Crippen LogP contribution in [-0.2, 0) is 25.6 Å². The summed E-state index contributed by atoms with van der Waals surface area (Å²) in [5.74, 6) is 2.11. The van der Waals surface area contributed by atoms with Gasteiger partial charge in [0.1, 0.15) is 5.82 Å². The van der Waals surface area contributed by atoms with Crippen molar-refractivity contribution in [3.63, 3.8) is 0 Å². The van der Waals surface area contributed by atoms with Gasteiger partial charge < -0.3 is 14.0 Å². The third kappa shape index (κ3) is 4.08. The summed E-state index contributed by atoms with van der Waals surface area (Å²) in [6, 6.07) is 9.48. The first-order valence-electron chi connectivity index (χ1n) is 9.14. The van der Waals surface area contributed by atoms with E-state index in [1.165, 1.54) is 6.07 Å². The molecule has 0 saturated carbocycles. The standard InChI is InChI=1S/C21H23F3N2O2/c1-4-5-20-25-16-13-15(21(22,23)24)7-8-17(16)26(20)11-10-14-6-9-18(27-2)19(12-14)28-3/h6-9,12-13H,4-5,10-11H2,1-3H3. The summed E-state index contributed by atoms with van der Waals surface area (Å²) in [6.07, 6.45) is -2.10. The van der Waals surface area contributed by atoms with Crippen LogP contribution in [0.25, 0.3) is 11.0 Å². The fraction of sp³-hybridized carbons (Fsp3) is 0.381. The quantitative estimate of drug-likeness (QED) is 0.550. The van der Waals surface area contributed by atoms with Gasteiger partial charge in [-0.05, 0) is 48.7 Å².